The van der Waals surface area contributed by atoms with Gasteiger partial charge < -0.3 is 10.2 Å². The summed E-state index contributed by atoms with van der Waals surface area (Å²) in [6.07, 6.45) is 2.79. The Morgan fingerprint density at radius 3 is 1.71 bits per heavy atom. The van der Waals surface area contributed by atoms with Crippen LogP contribution >= 0.6 is 0 Å². The molecule has 0 bridgehead atoms. The van der Waals surface area contributed by atoms with Crippen LogP contribution in [0.25, 0.3) is 12.2 Å². The minimum atomic E-state index is -2.23. The zero-order chi connectivity index (χ0) is 18.0. The second-order valence-electron chi connectivity index (χ2n) is 5.10. The molecule has 7 heteroatoms. The fraction of sp³-hybridized carbons (Fsp3) is 0.176. The number of hydrogen-bond acceptors (Lipinski definition) is 2. The third kappa shape index (κ3) is 3.20. The quantitative estimate of drug-likeness (QED) is 0.358. The molecule has 2 rings (SSSR count). The average Bonchev–Trinajstić information content (AvgIpc) is 2.54. The Morgan fingerprint density at radius 1 is 0.792 bits per heavy atom. The maximum Gasteiger partial charge on any atom is 0.200 e. The summed E-state index contributed by atoms with van der Waals surface area (Å²) in [4.78, 5) is 0. The van der Waals surface area contributed by atoms with Crippen molar-refractivity contribution in [3.63, 3.8) is 0 Å². The summed E-state index contributed by atoms with van der Waals surface area (Å²) in [5.74, 6) is -10.7. The predicted octanol–water partition coefficient (Wildman–Crippen LogP) is 4.92. The molecule has 0 aliphatic heterocycles. The number of rotatable bonds is 4. The summed E-state index contributed by atoms with van der Waals surface area (Å²) < 4.78 is 66.3. The van der Waals surface area contributed by atoms with Gasteiger partial charge in [0, 0.05) is 5.56 Å². The highest BCUT2D eigenvalue weighted by Crippen LogP contribution is 2.31. The number of benzene rings is 2. The molecule has 128 valence electrons. The molecule has 0 unspecified atom stereocenters. The van der Waals surface area contributed by atoms with Gasteiger partial charge in [0.1, 0.15) is 11.5 Å². The van der Waals surface area contributed by atoms with E-state index in [1.165, 1.54) is 12.1 Å². The second-order valence-corrected chi connectivity index (χ2v) is 5.10. The zero-order valence-electron chi connectivity index (χ0n) is 12.5. The Balaban J connectivity index is 2.46. The largest absolute Gasteiger partial charge is 0.508 e. The van der Waals surface area contributed by atoms with Crippen molar-refractivity contribution in [3.8, 4) is 11.5 Å². The van der Waals surface area contributed by atoms with Crippen LogP contribution in [0.1, 0.15) is 30.0 Å². The third-order valence-electron chi connectivity index (χ3n) is 3.41. The second kappa shape index (κ2) is 6.90. The Hall–Kier alpha value is -2.57. The molecule has 0 fully saturated rings. The lowest BCUT2D eigenvalue weighted by molar-refractivity contribution is 0.377. The van der Waals surface area contributed by atoms with Crippen LogP contribution in [0.3, 0.4) is 0 Å². The van der Waals surface area contributed by atoms with Crippen molar-refractivity contribution in [2.75, 3.05) is 0 Å². The fourth-order valence-corrected chi connectivity index (χ4v) is 2.21. The normalized spacial score (nSPS) is 11.4. The highest BCUT2D eigenvalue weighted by Gasteiger charge is 2.24. The third-order valence-corrected chi connectivity index (χ3v) is 3.41. The molecule has 0 saturated heterocycles. The summed E-state index contributed by atoms with van der Waals surface area (Å²) in [7, 11) is 0. The molecule has 24 heavy (non-hydrogen) atoms. The molecule has 2 N–H and O–H groups in total. The Bertz CT molecular complexity index is 763. The first-order chi connectivity index (χ1) is 11.3. The Labute approximate surface area is 134 Å². The minimum Gasteiger partial charge on any atom is -0.508 e. The van der Waals surface area contributed by atoms with Crippen LogP contribution in [0.15, 0.2) is 12.1 Å². The van der Waals surface area contributed by atoms with Gasteiger partial charge in [-0.3, -0.25) is 0 Å². The van der Waals surface area contributed by atoms with Crippen molar-refractivity contribution < 1.29 is 32.2 Å². The Kier molecular flexibility index (Phi) is 5.11. The Morgan fingerprint density at radius 2 is 1.25 bits per heavy atom. The first-order valence-electron chi connectivity index (χ1n) is 7.02. The molecule has 0 amide bonds. The standard InChI is InChI=1S/C17H13F5O2/c1-2-3-9-11(23)6-8(7-12(9)24)4-5-10-13(18)15(20)17(22)16(21)14(10)19/h4-7,23-24H,2-3H2,1H3/b5-4+. The molecule has 0 aliphatic rings. The maximum absolute atomic E-state index is 13.6. The average molecular weight is 344 g/mol. The van der Waals surface area contributed by atoms with E-state index in [2.05, 4.69) is 0 Å². The summed E-state index contributed by atoms with van der Waals surface area (Å²) in [6, 6.07) is 2.43. The van der Waals surface area contributed by atoms with Crippen LogP contribution in [-0.4, -0.2) is 10.2 Å². The lowest BCUT2D eigenvalue weighted by atomic mass is 10.0. The van der Waals surface area contributed by atoms with E-state index < -0.39 is 34.6 Å². The van der Waals surface area contributed by atoms with Crippen molar-refractivity contribution >= 4 is 12.2 Å². The smallest absolute Gasteiger partial charge is 0.200 e. The van der Waals surface area contributed by atoms with E-state index in [1.807, 2.05) is 6.92 Å². The van der Waals surface area contributed by atoms with Gasteiger partial charge in [-0.2, -0.15) is 0 Å². The first kappa shape index (κ1) is 17.8. The van der Waals surface area contributed by atoms with E-state index in [0.29, 0.717) is 24.5 Å². The summed E-state index contributed by atoms with van der Waals surface area (Å²) in [6.45, 7) is 1.84. The zero-order valence-corrected chi connectivity index (χ0v) is 12.5. The topological polar surface area (TPSA) is 40.5 Å². The van der Waals surface area contributed by atoms with Gasteiger partial charge in [-0.25, -0.2) is 22.0 Å². The molecular formula is C17H13F5O2. The van der Waals surface area contributed by atoms with Crippen LogP contribution in [-0.2, 0) is 6.42 Å². The van der Waals surface area contributed by atoms with Gasteiger partial charge in [0.2, 0.25) is 5.82 Å². The molecule has 0 radical (unpaired) electrons. The summed E-state index contributed by atoms with van der Waals surface area (Å²) in [5.41, 5.74) is -0.664. The first-order valence-corrected chi connectivity index (χ1v) is 7.02. The molecule has 0 spiro atoms. The number of hydrogen-bond donors (Lipinski definition) is 2. The molecule has 2 nitrogen and oxygen atoms in total. The van der Waals surface area contributed by atoms with Crippen LogP contribution in [0.5, 0.6) is 11.5 Å². The van der Waals surface area contributed by atoms with Crippen LogP contribution in [0.4, 0.5) is 22.0 Å². The van der Waals surface area contributed by atoms with Gasteiger partial charge >= 0.3 is 0 Å². The molecule has 0 aliphatic carbocycles. The predicted molar refractivity (Wildman–Crippen MR) is 78.9 cm³/mol. The highest BCUT2D eigenvalue weighted by molar-refractivity contribution is 5.72. The fourth-order valence-electron chi connectivity index (χ4n) is 2.21. The van der Waals surface area contributed by atoms with Crippen LogP contribution in [0.2, 0.25) is 0 Å². The van der Waals surface area contributed by atoms with Gasteiger partial charge in [-0.1, -0.05) is 19.4 Å². The van der Waals surface area contributed by atoms with Crippen molar-refractivity contribution in [3.05, 3.63) is 57.9 Å². The molecule has 0 saturated carbocycles. The van der Waals surface area contributed by atoms with Crippen molar-refractivity contribution in [2.24, 2.45) is 0 Å². The lowest BCUT2D eigenvalue weighted by Gasteiger charge is -2.08. The van der Waals surface area contributed by atoms with E-state index in [4.69, 9.17) is 0 Å². The number of phenolic OH excluding ortho intramolecular Hbond substituents is 2. The lowest BCUT2D eigenvalue weighted by Crippen LogP contribution is -2.03. The van der Waals surface area contributed by atoms with Gasteiger partial charge in [-0.15, -0.1) is 0 Å². The SMILES string of the molecule is CCCc1c(O)cc(/C=C/c2c(F)c(F)c(F)c(F)c2F)cc1O. The highest BCUT2D eigenvalue weighted by atomic mass is 19.2. The summed E-state index contributed by atoms with van der Waals surface area (Å²) in [5, 5.41) is 19.6. The van der Waals surface area contributed by atoms with Gasteiger partial charge in [0.15, 0.2) is 23.3 Å². The van der Waals surface area contributed by atoms with Gasteiger partial charge in [0.05, 0.1) is 5.56 Å². The van der Waals surface area contributed by atoms with E-state index in [9.17, 15) is 32.2 Å². The number of aromatic hydroxyl groups is 2. The number of halogens is 5. The van der Waals surface area contributed by atoms with Crippen molar-refractivity contribution in [1.82, 2.24) is 0 Å². The van der Waals surface area contributed by atoms with E-state index in [0.717, 1.165) is 6.08 Å². The maximum atomic E-state index is 13.6. The summed E-state index contributed by atoms with van der Waals surface area (Å²) >= 11 is 0. The minimum absolute atomic E-state index is 0.133. The molecule has 0 heterocycles. The van der Waals surface area contributed by atoms with Gasteiger partial charge in [-0.05, 0) is 30.2 Å². The van der Waals surface area contributed by atoms with Gasteiger partial charge in [0.25, 0.3) is 0 Å². The van der Waals surface area contributed by atoms with E-state index >= 15 is 0 Å². The van der Waals surface area contributed by atoms with E-state index in [-0.39, 0.29) is 17.1 Å². The molecule has 2 aromatic rings. The van der Waals surface area contributed by atoms with Crippen LogP contribution in [0, 0.1) is 29.1 Å². The monoisotopic (exact) mass is 344 g/mol. The van der Waals surface area contributed by atoms with E-state index in [1.54, 1.807) is 0 Å². The molecule has 2 aromatic carbocycles. The van der Waals surface area contributed by atoms with Crippen molar-refractivity contribution in [1.29, 1.82) is 0 Å². The van der Waals surface area contributed by atoms with Crippen molar-refractivity contribution in [2.45, 2.75) is 19.8 Å². The van der Waals surface area contributed by atoms with Crippen LogP contribution < -0.4 is 0 Å². The number of phenols is 2. The molecular weight excluding hydrogens is 331 g/mol. The molecule has 0 atom stereocenters. The molecule has 0 aromatic heterocycles.